The third-order valence-corrected chi connectivity index (χ3v) is 1.69. The molecule has 0 spiro atoms. The van der Waals surface area contributed by atoms with Crippen molar-refractivity contribution in [3.63, 3.8) is 0 Å². The predicted molar refractivity (Wildman–Crippen MR) is 50.9 cm³/mol. The molecule has 0 saturated heterocycles. The van der Waals surface area contributed by atoms with Crippen LogP contribution in [0, 0.1) is 17.1 Å². The van der Waals surface area contributed by atoms with Gasteiger partial charge in [0.2, 0.25) is 0 Å². The molecule has 0 radical (unpaired) electrons. The van der Waals surface area contributed by atoms with Crippen molar-refractivity contribution in [3.05, 3.63) is 41.2 Å². The lowest BCUT2D eigenvalue weighted by molar-refractivity contribution is 0.625. The highest BCUT2D eigenvalue weighted by atomic mass is 35.5. The molecule has 0 aliphatic heterocycles. The third-order valence-electron chi connectivity index (χ3n) is 1.51. The van der Waals surface area contributed by atoms with E-state index in [4.69, 9.17) is 16.9 Å². The third kappa shape index (κ3) is 2.57. The van der Waals surface area contributed by atoms with E-state index in [0.29, 0.717) is 17.0 Å². The van der Waals surface area contributed by atoms with E-state index in [-0.39, 0.29) is 5.82 Å². The predicted octanol–water partition coefficient (Wildman–Crippen LogP) is 2.95. The largest absolute Gasteiger partial charge is 0.206 e. The second kappa shape index (κ2) is 4.64. The number of halogens is 2. The number of alkyl halides is 1. The zero-order chi connectivity index (χ0) is 9.68. The molecule has 66 valence electrons. The van der Waals surface area contributed by atoms with Crippen LogP contribution in [0.15, 0.2) is 24.3 Å². The number of rotatable bonds is 2. The first-order valence-electron chi connectivity index (χ1n) is 3.70. The smallest absolute Gasteiger partial charge is 0.130 e. The molecule has 0 fully saturated rings. The van der Waals surface area contributed by atoms with Gasteiger partial charge in [0, 0.05) is 11.4 Å². The highest BCUT2D eigenvalue weighted by Gasteiger charge is 1.98. The summed E-state index contributed by atoms with van der Waals surface area (Å²) in [4.78, 5) is 0. The van der Waals surface area contributed by atoms with Crippen molar-refractivity contribution < 1.29 is 4.39 Å². The van der Waals surface area contributed by atoms with Crippen LogP contribution in [0.4, 0.5) is 4.39 Å². The number of nitrogens with zero attached hydrogens (tertiary/aromatic N) is 1. The molecule has 0 bridgehead atoms. The number of hydrogen-bond acceptors (Lipinski definition) is 1. The van der Waals surface area contributed by atoms with E-state index in [9.17, 15) is 4.39 Å². The van der Waals surface area contributed by atoms with Crippen LogP contribution in [0.3, 0.4) is 0 Å². The van der Waals surface area contributed by atoms with Gasteiger partial charge < -0.3 is 0 Å². The van der Waals surface area contributed by atoms with Gasteiger partial charge in [0.1, 0.15) is 5.82 Å². The fourth-order valence-corrected chi connectivity index (χ4v) is 1.00. The SMILES string of the molecule is N#Cc1ccc(F)c(C=CCCl)c1. The average molecular weight is 196 g/mol. The molecule has 1 aromatic rings. The quantitative estimate of drug-likeness (QED) is 0.666. The lowest BCUT2D eigenvalue weighted by Gasteiger charge is -1.96. The van der Waals surface area contributed by atoms with Crippen molar-refractivity contribution >= 4 is 17.7 Å². The summed E-state index contributed by atoms with van der Waals surface area (Å²) in [6.45, 7) is 0. The Hall–Kier alpha value is -1.33. The van der Waals surface area contributed by atoms with Gasteiger partial charge in [-0.15, -0.1) is 11.6 Å². The number of hydrogen-bond donors (Lipinski definition) is 0. The Morgan fingerprint density at radius 1 is 1.54 bits per heavy atom. The van der Waals surface area contributed by atoms with E-state index in [1.807, 2.05) is 6.07 Å². The van der Waals surface area contributed by atoms with Crippen molar-refractivity contribution in [3.8, 4) is 6.07 Å². The van der Waals surface area contributed by atoms with Crippen LogP contribution in [-0.4, -0.2) is 5.88 Å². The van der Waals surface area contributed by atoms with Gasteiger partial charge in [0.25, 0.3) is 0 Å². The summed E-state index contributed by atoms with van der Waals surface area (Å²) >= 11 is 5.40. The number of benzene rings is 1. The van der Waals surface area contributed by atoms with Gasteiger partial charge in [-0.25, -0.2) is 4.39 Å². The molecule has 0 saturated carbocycles. The van der Waals surface area contributed by atoms with Crippen molar-refractivity contribution in [2.24, 2.45) is 0 Å². The van der Waals surface area contributed by atoms with Gasteiger partial charge >= 0.3 is 0 Å². The van der Waals surface area contributed by atoms with Crippen LogP contribution in [0.5, 0.6) is 0 Å². The average Bonchev–Trinajstić information content (AvgIpc) is 2.17. The molecule has 0 aromatic heterocycles. The number of allylic oxidation sites excluding steroid dienone is 1. The molecule has 0 aliphatic carbocycles. The molecule has 1 aromatic carbocycles. The summed E-state index contributed by atoms with van der Waals surface area (Å²) in [7, 11) is 0. The Bertz CT molecular complexity index is 366. The molecule has 1 rings (SSSR count). The van der Waals surface area contributed by atoms with Gasteiger partial charge in [0.05, 0.1) is 11.6 Å². The lowest BCUT2D eigenvalue weighted by atomic mass is 10.1. The summed E-state index contributed by atoms with van der Waals surface area (Å²) in [5, 5.41) is 8.56. The van der Waals surface area contributed by atoms with E-state index >= 15 is 0 Å². The molecular formula is C10H7ClFN. The molecule has 13 heavy (non-hydrogen) atoms. The van der Waals surface area contributed by atoms with Gasteiger partial charge in [0.15, 0.2) is 0 Å². The topological polar surface area (TPSA) is 23.8 Å². The molecule has 1 nitrogen and oxygen atoms in total. The van der Waals surface area contributed by atoms with E-state index in [1.165, 1.54) is 18.2 Å². The zero-order valence-corrected chi connectivity index (χ0v) is 7.55. The van der Waals surface area contributed by atoms with Crippen LogP contribution >= 0.6 is 11.6 Å². The highest BCUT2D eigenvalue weighted by molar-refractivity contribution is 6.19. The summed E-state index contributed by atoms with van der Waals surface area (Å²) < 4.78 is 13.0. The highest BCUT2D eigenvalue weighted by Crippen LogP contribution is 2.11. The Balaban J connectivity index is 3.06. The van der Waals surface area contributed by atoms with E-state index < -0.39 is 0 Å². The second-order valence-corrected chi connectivity index (χ2v) is 2.71. The Morgan fingerprint density at radius 3 is 2.92 bits per heavy atom. The van der Waals surface area contributed by atoms with E-state index in [1.54, 1.807) is 12.2 Å². The zero-order valence-electron chi connectivity index (χ0n) is 6.80. The van der Waals surface area contributed by atoms with Crippen molar-refractivity contribution in [1.82, 2.24) is 0 Å². The minimum Gasteiger partial charge on any atom is -0.206 e. The standard InChI is InChI=1S/C10H7ClFN/c11-5-1-2-9-6-8(7-13)3-4-10(9)12/h1-4,6H,5H2. The molecule has 0 atom stereocenters. The molecule has 0 heterocycles. The first kappa shape index (κ1) is 9.76. The monoisotopic (exact) mass is 195 g/mol. The molecule has 0 unspecified atom stereocenters. The summed E-state index contributed by atoms with van der Waals surface area (Å²) in [6, 6.07) is 6.13. The minimum absolute atomic E-state index is 0.330. The number of nitriles is 1. The molecule has 0 aliphatic rings. The van der Waals surface area contributed by atoms with Crippen molar-refractivity contribution in [1.29, 1.82) is 5.26 Å². The van der Waals surface area contributed by atoms with Crippen molar-refractivity contribution in [2.75, 3.05) is 5.88 Å². The normalized spacial score (nSPS) is 10.2. The van der Waals surface area contributed by atoms with E-state index in [0.717, 1.165) is 0 Å². The molecular weight excluding hydrogens is 189 g/mol. The first-order valence-corrected chi connectivity index (χ1v) is 4.23. The van der Waals surface area contributed by atoms with Gasteiger partial charge in [-0.1, -0.05) is 12.2 Å². The maximum Gasteiger partial charge on any atom is 0.130 e. The van der Waals surface area contributed by atoms with Crippen LogP contribution in [0.1, 0.15) is 11.1 Å². The van der Waals surface area contributed by atoms with Crippen LogP contribution in [0.2, 0.25) is 0 Å². The Morgan fingerprint density at radius 2 is 2.31 bits per heavy atom. The summed E-state index contributed by atoms with van der Waals surface area (Å²) in [5.41, 5.74) is 0.829. The molecule has 0 amide bonds. The Labute approximate surface area is 81.1 Å². The second-order valence-electron chi connectivity index (χ2n) is 2.40. The van der Waals surface area contributed by atoms with Gasteiger partial charge in [-0.05, 0) is 18.2 Å². The van der Waals surface area contributed by atoms with Crippen LogP contribution in [0.25, 0.3) is 6.08 Å². The van der Waals surface area contributed by atoms with Crippen molar-refractivity contribution in [2.45, 2.75) is 0 Å². The van der Waals surface area contributed by atoms with Crippen LogP contribution in [-0.2, 0) is 0 Å². The minimum atomic E-state index is -0.347. The molecule has 3 heteroatoms. The maximum atomic E-state index is 13.0. The fourth-order valence-electron chi connectivity index (χ4n) is 0.913. The van der Waals surface area contributed by atoms with Gasteiger partial charge in [-0.2, -0.15) is 5.26 Å². The van der Waals surface area contributed by atoms with E-state index in [2.05, 4.69) is 0 Å². The summed E-state index contributed by atoms with van der Waals surface area (Å²) in [5.74, 6) is -0.0173. The first-order chi connectivity index (χ1) is 6.27. The lowest BCUT2D eigenvalue weighted by Crippen LogP contribution is -1.83. The fraction of sp³-hybridized carbons (Fsp3) is 0.100. The van der Waals surface area contributed by atoms with Gasteiger partial charge in [-0.3, -0.25) is 0 Å². The molecule has 0 N–H and O–H groups in total. The Kier molecular flexibility index (Phi) is 3.48. The summed E-state index contributed by atoms with van der Waals surface area (Å²) in [6.07, 6.45) is 3.18. The van der Waals surface area contributed by atoms with Crippen LogP contribution < -0.4 is 0 Å². The maximum absolute atomic E-state index is 13.0.